The number of fused-ring (bicyclic) bond motifs is 2. The van der Waals surface area contributed by atoms with E-state index in [-0.39, 0.29) is 5.91 Å². The average Bonchev–Trinajstić information content (AvgIpc) is 3.56. The van der Waals surface area contributed by atoms with Crippen molar-refractivity contribution in [2.24, 2.45) is 7.05 Å². The summed E-state index contributed by atoms with van der Waals surface area (Å²) < 4.78 is 9.49. The minimum atomic E-state index is -0.0416. The first-order valence-electron chi connectivity index (χ1n) is 13.2. The molecular weight excluding hydrogens is 510 g/mol. The normalized spacial score (nSPS) is 14.3. The molecule has 1 N–H and O–H groups in total. The molecule has 10 heteroatoms. The molecule has 39 heavy (non-hydrogen) atoms. The predicted molar refractivity (Wildman–Crippen MR) is 157 cm³/mol. The van der Waals surface area contributed by atoms with Crippen molar-refractivity contribution < 1.29 is 9.53 Å². The van der Waals surface area contributed by atoms with E-state index in [4.69, 9.17) is 14.7 Å². The summed E-state index contributed by atoms with van der Waals surface area (Å²) >= 11 is 4.15. The third-order valence-electron chi connectivity index (χ3n) is 7.15. The maximum Gasteiger partial charge on any atom is 0.225 e. The van der Waals surface area contributed by atoms with Crippen LogP contribution in [0.5, 0.6) is 0 Å². The minimum Gasteiger partial charge on any atom is -0.379 e. The van der Waals surface area contributed by atoms with Gasteiger partial charge in [-0.3, -0.25) is 19.4 Å². The van der Waals surface area contributed by atoms with Gasteiger partial charge in [0.1, 0.15) is 0 Å². The molecule has 2 aromatic carbocycles. The van der Waals surface area contributed by atoms with Gasteiger partial charge in [-0.25, -0.2) is 4.98 Å². The first-order chi connectivity index (χ1) is 19.1. The quantitative estimate of drug-likeness (QED) is 0.286. The number of benzene rings is 2. The molecule has 0 saturated carbocycles. The molecule has 5 aromatic rings. The summed E-state index contributed by atoms with van der Waals surface area (Å²) in [6, 6.07) is 12.1. The molecule has 1 fully saturated rings. The topological polar surface area (TPSA) is 90.1 Å². The summed E-state index contributed by atoms with van der Waals surface area (Å²) in [5.74, 6) is 0.474. The maximum absolute atomic E-state index is 12.1. The first kappa shape index (κ1) is 25.5. The van der Waals surface area contributed by atoms with Gasteiger partial charge in [-0.05, 0) is 24.0 Å². The average molecular weight is 542 g/mol. The van der Waals surface area contributed by atoms with Crippen molar-refractivity contribution in [1.82, 2.24) is 29.2 Å². The van der Waals surface area contributed by atoms with Crippen molar-refractivity contribution in [2.45, 2.75) is 13.0 Å². The molecule has 4 heterocycles. The summed E-state index contributed by atoms with van der Waals surface area (Å²) in [5.41, 5.74) is 7.29. The van der Waals surface area contributed by atoms with Crippen molar-refractivity contribution in [2.75, 3.05) is 43.9 Å². The van der Waals surface area contributed by atoms with Crippen LogP contribution in [0.25, 0.3) is 44.3 Å². The molecule has 0 spiro atoms. The van der Waals surface area contributed by atoms with E-state index in [1.54, 1.807) is 0 Å². The summed E-state index contributed by atoms with van der Waals surface area (Å²) in [4.78, 5) is 24.3. The van der Waals surface area contributed by atoms with Gasteiger partial charge in [-0.2, -0.15) is 17.7 Å². The van der Waals surface area contributed by atoms with Gasteiger partial charge >= 0.3 is 0 Å². The molecule has 1 amide bonds. The fourth-order valence-electron chi connectivity index (χ4n) is 5.08. The number of aryl methyl sites for hydroxylation is 1. The molecule has 0 atom stereocenters. The molecule has 0 radical (unpaired) electrons. The smallest absolute Gasteiger partial charge is 0.225 e. The Bertz CT molecular complexity index is 1640. The van der Waals surface area contributed by atoms with Crippen LogP contribution < -0.4 is 5.32 Å². The van der Waals surface area contributed by atoms with Gasteiger partial charge in [-0.15, -0.1) is 0 Å². The van der Waals surface area contributed by atoms with Gasteiger partial charge in [0.15, 0.2) is 0 Å². The lowest BCUT2D eigenvalue weighted by Crippen LogP contribution is -2.38. The van der Waals surface area contributed by atoms with Gasteiger partial charge in [-0.1, -0.05) is 18.2 Å². The molecule has 6 rings (SSSR count). The lowest BCUT2D eigenvalue weighted by Gasteiger charge is -2.26. The molecule has 0 bridgehead atoms. The zero-order chi connectivity index (χ0) is 26.8. The van der Waals surface area contributed by atoms with Crippen molar-refractivity contribution in [1.29, 1.82) is 0 Å². The highest BCUT2D eigenvalue weighted by atomic mass is 32.1. The van der Waals surface area contributed by atoms with E-state index in [0.717, 1.165) is 89.4 Å². The van der Waals surface area contributed by atoms with Crippen LogP contribution in [0.4, 0.5) is 5.69 Å². The number of carbonyl (C=O) groups excluding carboxylic acids is 1. The second kappa shape index (κ2) is 11.2. The van der Waals surface area contributed by atoms with Gasteiger partial charge in [0.05, 0.1) is 54.4 Å². The number of morpholine rings is 1. The summed E-state index contributed by atoms with van der Waals surface area (Å²) in [7, 11) is 2.01. The van der Waals surface area contributed by atoms with E-state index < -0.39 is 0 Å². The van der Waals surface area contributed by atoms with E-state index in [1.165, 1.54) is 0 Å². The lowest BCUT2D eigenvalue weighted by molar-refractivity contribution is -0.115. The highest BCUT2D eigenvalue weighted by Gasteiger charge is 2.16. The molecular formula is C29H31N7O2S. The Balaban J connectivity index is 1.31. The Hall–Kier alpha value is -3.73. The number of ether oxygens (including phenoxy) is 1. The second-order valence-electron chi connectivity index (χ2n) is 9.78. The Morgan fingerprint density at radius 3 is 2.79 bits per heavy atom. The zero-order valence-electron chi connectivity index (χ0n) is 21.9. The van der Waals surface area contributed by atoms with Crippen LogP contribution in [0.15, 0.2) is 61.2 Å². The molecule has 3 aromatic heterocycles. The Morgan fingerprint density at radius 2 is 1.95 bits per heavy atom. The number of amides is 1. The van der Waals surface area contributed by atoms with Gasteiger partial charge in [0.2, 0.25) is 5.91 Å². The summed E-state index contributed by atoms with van der Waals surface area (Å²) in [6.07, 6.45) is 8.21. The van der Waals surface area contributed by atoms with Crippen LogP contribution in [0.1, 0.15) is 6.42 Å². The maximum atomic E-state index is 12.1. The molecule has 200 valence electrons. The third kappa shape index (κ3) is 5.40. The minimum absolute atomic E-state index is 0.0416. The Labute approximate surface area is 232 Å². The largest absolute Gasteiger partial charge is 0.379 e. The number of thiol groups is 1. The first-order valence-corrected chi connectivity index (χ1v) is 13.8. The van der Waals surface area contributed by atoms with Gasteiger partial charge < -0.3 is 14.6 Å². The fourth-order valence-corrected chi connectivity index (χ4v) is 5.28. The standard InChI is InChI=1S/C29H31N7O2S/c1-34-19-24(22-6-5-21(15-27(22)34)32-28(37)7-14-39)23-3-2-4-25-29(23)33-26(17-30-25)20-16-31-36(18-20)9-8-35-10-12-38-13-11-35/h2-6,15-19,39H,7-14H2,1H3,(H,32,37). The van der Waals surface area contributed by atoms with Crippen LogP contribution in [-0.2, 0) is 23.1 Å². The predicted octanol–water partition coefficient (Wildman–Crippen LogP) is 4.24. The zero-order valence-corrected chi connectivity index (χ0v) is 22.8. The van der Waals surface area contributed by atoms with Crippen LogP contribution in [-0.4, -0.2) is 73.7 Å². The van der Waals surface area contributed by atoms with Crippen molar-refractivity contribution in [3.8, 4) is 22.4 Å². The highest BCUT2D eigenvalue weighted by Crippen LogP contribution is 2.35. The van der Waals surface area contributed by atoms with E-state index in [0.29, 0.717) is 12.2 Å². The number of hydrogen-bond donors (Lipinski definition) is 2. The number of carbonyl (C=O) groups is 1. The van der Waals surface area contributed by atoms with E-state index >= 15 is 0 Å². The van der Waals surface area contributed by atoms with Gasteiger partial charge in [0.25, 0.3) is 0 Å². The van der Waals surface area contributed by atoms with E-state index in [9.17, 15) is 4.79 Å². The van der Waals surface area contributed by atoms with Gasteiger partial charge in [0, 0.05) is 73.3 Å². The van der Waals surface area contributed by atoms with E-state index in [1.807, 2.05) is 54.6 Å². The van der Waals surface area contributed by atoms with Crippen molar-refractivity contribution in [3.05, 3.63) is 61.2 Å². The second-order valence-corrected chi connectivity index (χ2v) is 10.2. The van der Waals surface area contributed by atoms with E-state index in [2.05, 4.69) is 50.8 Å². The lowest BCUT2D eigenvalue weighted by atomic mass is 10.0. The molecule has 1 aliphatic rings. The summed E-state index contributed by atoms with van der Waals surface area (Å²) in [6.45, 7) is 5.29. The summed E-state index contributed by atoms with van der Waals surface area (Å²) in [5, 5.41) is 8.62. The Kier molecular flexibility index (Phi) is 7.32. The van der Waals surface area contributed by atoms with Crippen molar-refractivity contribution in [3.63, 3.8) is 0 Å². The molecule has 1 aliphatic heterocycles. The number of hydrogen-bond acceptors (Lipinski definition) is 7. The number of para-hydroxylation sites is 1. The number of aromatic nitrogens is 5. The number of rotatable bonds is 8. The molecule has 9 nitrogen and oxygen atoms in total. The van der Waals surface area contributed by atoms with Crippen LogP contribution in [0.2, 0.25) is 0 Å². The van der Waals surface area contributed by atoms with Crippen molar-refractivity contribution >= 4 is 46.2 Å². The van der Waals surface area contributed by atoms with Crippen LogP contribution >= 0.6 is 12.6 Å². The van der Waals surface area contributed by atoms with Crippen LogP contribution in [0, 0.1) is 0 Å². The molecule has 0 unspecified atom stereocenters. The third-order valence-corrected chi connectivity index (χ3v) is 7.38. The molecule has 1 saturated heterocycles. The number of nitrogens with one attached hydrogen (secondary N) is 1. The Morgan fingerprint density at radius 1 is 1.08 bits per heavy atom. The molecule has 0 aliphatic carbocycles. The highest BCUT2D eigenvalue weighted by molar-refractivity contribution is 7.80. The SMILES string of the molecule is Cn1cc(-c2cccc3ncc(-c4cnn(CCN5CCOCC5)c4)nc23)c2ccc(NC(=O)CCS)cc21. The number of anilines is 1. The number of nitrogens with zero attached hydrogens (tertiary/aromatic N) is 6. The monoisotopic (exact) mass is 541 g/mol. The fraction of sp³-hybridized carbons (Fsp3) is 0.310. The van der Waals surface area contributed by atoms with Crippen LogP contribution in [0.3, 0.4) is 0 Å².